The van der Waals surface area contributed by atoms with Crippen LogP contribution in [-0.4, -0.2) is 35.8 Å². The number of methoxy groups -OCH3 is 1. The molecule has 128 valence electrons. The highest BCUT2D eigenvalue weighted by atomic mass is 16.5. The molecule has 1 fully saturated rings. The van der Waals surface area contributed by atoms with Crippen molar-refractivity contribution in [3.8, 4) is 5.75 Å². The first kappa shape index (κ1) is 16.5. The van der Waals surface area contributed by atoms with Crippen molar-refractivity contribution in [1.82, 2.24) is 14.9 Å². The summed E-state index contributed by atoms with van der Waals surface area (Å²) in [4.78, 5) is 17.2. The molecule has 1 N–H and O–H groups in total. The fourth-order valence-corrected chi connectivity index (χ4v) is 3.06. The normalized spacial score (nSPS) is 16.6. The minimum absolute atomic E-state index is 0.0174. The van der Waals surface area contributed by atoms with Crippen molar-refractivity contribution in [2.24, 2.45) is 13.0 Å². The van der Waals surface area contributed by atoms with Crippen LogP contribution in [0.3, 0.4) is 0 Å². The van der Waals surface area contributed by atoms with Gasteiger partial charge in [-0.2, -0.15) is 0 Å². The lowest BCUT2D eigenvalue weighted by Crippen LogP contribution is -2.38. The Bertz CT molecular complexity index is 692. The van der Waals surface area contributed by atoms with Crippen LogP contribution in [0, 0.1) is 5.92 Å². The highest BCUT2D eigenvalue weighted by molar-refractivity contribution is 5.79. The van der Waals surface area contributed by atoms with Crippen LogP contribution in [0.2, 0.25) is 0 Å². The molecule has 1 aliphatic rings. The first-order valence-corrected chi connectivity index (χ1v) is 8.19. The maximum Gasteiger partial charge on any atom is 0.224 e. The van der Waals surface area contributed by atoms with Crippen LogP contribution in [-0.2, 0) is 16.6 Å². The Morgan fingerprint density at radius 2 is 2.12 bits per heavy atom. The summed E-state index contributed by atoms with van der Waals surface area (Å²) in [7, 11) is 3.56. The van der Waals surface area contributed by atoms with Gasteiger partial charge in [0, 0.05) is 44.1 Å². The zero-order chi connectivity index (χ0) is 16.9. The van der Waals surface area contributed by atoms with E-state index < -0.39 is 0 Å². The maximum absolute atomic E-state index is 12.7. The van der Waals surface area contributed by atoms with Gasteiger partial charge < -0.3 is 19.4 Å². The molecule has 1 amide bonds. The highest BCUT2D eigenvalue weighted by Gasteiger charge is 2.28. The van der Waals surface area contributed by atoms with Crippen molar-refractivity contribution >= 4 is 5.91 Å². The van der Waals surface area contributed by atoms with Crippen molar-refractivity contribution < 1.29 is 14.3 Å². The molecule has 2 aromatic rings. The van der Waals surface area contributed by atoms with Gasteiger partial charge in [-0.15, -0.1) is 0 Å². The Labute approximate surface area is 141 Å². The molecule has 1 atom stereocenters. The molecule has 0 saturated carbocycles. The van der Waals surface area contributed by atoms with Crippen molar-refractivity contribution in [2.45, 2.75) is 18.9 Å². The van der Waals surface area contributed by atoms with Gasteiger partial charge in [0.2, 0.25) is 5.91 Å². The summed E-state index contributed by atoms with van der Waals surface area (Å²) in [5.41, 5.74) is 0.898. The summed E-state index contributed by atoms with van der Waals surface area (Å²) in [6.45, 7) is 1.28. The summed E-state index contributed by atoms with van der Waals surface area (Å²) >= 11 is 0. The third-order valence-corrected chi connectivity index (χ3v) is 4.45. The molecule has 1 aliphatic heterocycles. The zero-order valence-corrected chi connectivity index (χ0v) is 14.1. The summed E-state index contributed by atoms with van der Waals surface area (Å²) < 4.78 is 12.8. The summed E-state index contributed by atoms with van der Waals surface area (Å²) in [5.74, 6) is 1.53. The van der Waals surface area contributed by atoms with Gasteiger partial charge in [0.05, 0.1) is 7.11 Å². The standard InChI is InChI=1S/C18H23N3O3/c1-21-10-9-19-17(21)16(14-5-3-4-6-15(14)23-2)20-18(22)13-7-11-24-12-8-13/h3-6,9-10,13,16H,7-8,11-12H2,1-2H3,(H,20,22)/t16-/m1/s1. The monoisotopic (exact) mass is 329 g/mol. The second-order valence-corrected chi connectivity index (χ2v) is 5.97. The Morgan fingerprint density at radius 3 is 2.79 bits per heavy atom. The van der Waals surface area contributed by atoms with Gasteiger partial charge in [0.1, 0.15) is 17.6 Å². The van der Waals surface area contributed by atoms with Crippen molar-refractivity contribution in [2.75, 3.05) is 20.3 Å². The van der Waals surface area contributed by atoms with Gasteiger partial charge >= 0.3 is 0 Å². The van der Waals surface area contributed by atoms with Gasteiger partial charge in [-0.25, -0.2) is 4.98 Å². The van der Waals surface area contributed by atoms with E-state index in [-0.39, 0.29) is 17.9 Å². The number of ether oxygens (including phenoxy) is 2. The minimum atomic E-state index is -0.350. The molecule has 1 saturated heterocycles. The first-order chi connectivity index (χ1) is 11.7. The van der Waals surface area contributed by atoms with Crippen molar-refractivity contribution in [1.29, 1.82) is 0 Å². The van der Waals surface area contributed by atoms with E-state index in [0.29, 0.717) is 13.2 Å². The maximum atomic E-state index is 12.7. The molecule has 0 bridgehead atoms. The highest BCUT2D eigenvalue weighted by Crippen LogP contribution is 2.29. The third kappa shape index (κ3) is 3.43. The van der Waals surface area contributed by atoms with Crippen molar-refractivity contribution in [3.05, 3.63) is 48.0 Å². The van der Waals surface area contributed by atoms with Crippen LogP contribution in [0.4, 0.5) is 0 Å². The molecule has 1 aromatic carbocycles. The van der Waals surface area contributed by atoms with E-state index in [1.54, 1.807) is 13.3 Å². The lowest BCUT2D eigenvalue weighted by molar-refractivity contribution is -0.128. The fraction of sp³-hybridized carbons (Fsp3) is 0.444. The van der Waals surface area contributed by atoms with E-state index in [4.69, 9.17) is 9.47 Å². The lowest BCUT2D eigenvalue weighted by atomic mass is 9.97. The first-order valence-electron chi connectivity index (χ1n) is 8.19. The number of hydrogen-bond donors (Lipinski definition) is 1. The average Bonchev–Trinajstić information content (AvgIpc) is 3.06. The molecule has 1 aromatic heterocycles. The van der Waals surface area contributed by atoms with Crippen LogP contribution in [0.25, 0.3) is 0 Å². The minimum Gasteiger partial charge on any atom is -0.496 e. The Morgan fingerprint density at radius 1 is 1.38 bits per heavy atom. The topological polar surface area (TPSA) is 65.4 Å². The molecule has 0 unspecified atom stereocenters. The quantitative estimate of drug-likeness (QED) is 0.912. The molecular weight excluding hydrogens is 306 g/mol. The van der Waals surface area contributed by atoms with E-state index >= 15 is 0 Å². The van der Waals surface area contributed by atoms with Gasteiger partial charge in [-0.3, -0.25) is 4.79 Å². The number of hydrogen-bond acceptors (Lipinski definition) is 4. The number of para-hydroxylation sites is 1. The predicted octanol–water partition coefficient (Wildman–Crippen LogP) is 2.06. The second-order valence-electron chi connectivity index (χ2n) is 5.97. The molecule has 0 spiro atoms. The third-order valence-electron chi connectivity index (χ3n) is 4.45. The average molecular weight is 329 g/mol. The van der Waals surface area contributed by atoms with Crippen LogP contribution >= 0.6 is 0 Å². The Hall–Kier alpha value is -2.34. The number of aryl methyl sites for hydroxylation is 1. The molecule has 0 aliphatic carbocycles. The fourth-order valence-electron chi connectivity index (χ4n) is 3.06. The number of nitrogens with one attached hydrogen (secondary N) is 1. The van der Waals surface area contributed by atoms with E-state index in [1.165, 1.54) is 0 Å². The predicted molar refractivity (Wildman–Crippen MR) is 89.7 cm³/mol. The Kier molecular flexibility index (Phi) is 5.15. The molecule has 0 radical (unpaired) electrons. The molecular formula is C18H23N3O3. The number of nitrogens with zero attached hydrogens (tertiary/aromatic N) is 2. The largest absolute Gasteiger partial charge is 0.496 e. The van der Waals surface area contributed by atoms with Gasteiger partial charge in [-0.05, 0) is 18.9 Å². The number of carbonyl (C=O) groups excluding carboxylic acids is 1. The molecule has 6 heteroatoms. The summed E-state index contributed by atoms with van der Waals surface area (Å²) in [6.07, 6.45) is 5.12. The Balaban J connectivity index is 1.91. The van der Waals surface area contributed by atoms with Gasteiger partial charge in [0.15, 0.2) is 0 Å². The van der Waals surface area contributed by atoms with Crippen LogP contribution < -0.4 is 10.1 Å². The molecule has 24 heavy (non-hydrogen) atoms. The number of carbonyl (C=O) groups is 1. The SMILES string of the molecule is COc1ccccc1[C@@H](NC(=O)C1CCOCC1)c1nccn1C. The molecule has 2 heterocycles. The number of amides is 1. The number of rotatable bonds is 5. The molecule has 3 rings (SSSR count). The van der Waals surface area contributed by atoms with Crippen LogP contribution in [0.15, 0.2) is 36.7 Å². The van der Waals surface area contributed by atoms with E-state index in [2.05, 4.69) is 10.3 Å². The van der Waals surface area contributed by atoms with Crippen molar-refractivity contribution in [3.63, 3.8) is 0 Å². The van der Waals surface area contributed by atoms with Gasteiger partial charge in [-0.1, -0.05) is 18.2 Å². The number of imidazole rings is 1. The van der Waals surface area contributed by atoms with E-state index in [1.807, 2.05) is 42.1 Å². The van der Waals surface area contributed by atoms with E-state index in [9.17, 15) is 4.79 Å². The summed E-state index contributed by atoms with van der Waals surface area (Å²) in [5, 5.41) is 3.16. The van der Waals surface area contributed by atoms with E-state index in [0.717, 1.165) is 30.0 Å². The number of benzene rings is 1. The zero-order valence-electron chi connectivity index (χ0n) is 14.1. The molecule has 6 nitrogen and oxygen atoms in total. The lowest BCUT2D eigenvalue weighted by Gasteiger charge is -2.26. The number of aromatic nitrogens is 2. The van der Waals surface area contributed by atoms with Gasteiger partial charge in [0.25, 0.3) is 0 Å². The van der Waals surface area contributed by atoms with Crippen LogP contribution in [0.5, 0.6) is 5.75 Å². The summed E-state index contributed by atoms with van der Waals surface area (Å²) in [6, 6.07) is 7.36. The smallest absolute Gasteiger partial charge is 0.224 e. The second kappa shape index (κ2) is 7.49. The van der Waals surface area contributed by atoms with Crippen LogP contribution in [0.1, 0.15) is 30.3 Å².